The van der Waals surface area contributed by atoms with Gasteiger partial charge in [0.1, 0.15) is 5.69 Å². The van der Waals surface area contributed by atoms with Crippen LogP contribution in [0.5, 0.6) is 0 Å². The molecule has 1 aliphatic carbocycles. The summed E-state index contributed by atoms with van der Waals surface area (Å²) in [4.78, 5) is 26.8. The maximum atomic E-state index is 12.6. The van der Waals surface area contributed by atoms with Crippen LogP contribution in [0.4, 0.5) is 0 Å². The van der Waals surface area contributed by atoms with Gasteiger partial charge >= 0.3 is 0 Å². The summed E-state index contributed by atoms with van der Waals surface area (Å²) in [6, 6.07) is 1.90. The molecule has 1 unspecified atom stereocenters. The number of hydrogen-bond donors (Lipinski definition) is 2. The third-order valence-corrected chi connectivity index (χ3v) is 5.65. The molecule has 2 N–H and O–H groups in total. The van der Waals surface area contributed by atoms with Crippen LogP contribution >= 0.6 is 0 Å². The fourth-order valence-corrected chi connectivity index (χ4v) is 3.81. The summed E-state index contributed by atoms with van der Waals surface area (Å²) in [5.74, 6) is 1.34. The van der Waals surface area contributed by atoms with E-state index >= 15 is 0 Å². The second kappa shape index (κ2) is 7.58. The van der Waals surface area contributed by atoms with E-state index in [1.165, 1.54) is 0 Å². The van der Waals surface area contributed by atoms with Crippen molar-refractivity contribution in [2.75, 3.05) is 13.1 Å². The lowest BCUT2D eigenvalue weighted by atomic mass is 9.82. The average Bonchev–Trinajstić information content (AvgIpc) is 3.24. The number of aromatic nitrogens is 2. The van der Waals surface area contributed by atoms with Crippen molar-refractivity contribution in [1.29, 1.82) is 0 Å². The highest BCUT2D eigenvalue weighted by atomic mass is 16.2. The SMILES string of the molecule is CC1CCC(C(=O)NC2CCN(C(=O)c3cc(C(C)C)[nH]n3)C2)CC1. The van der Waals surface area contributed by atoms with Crippen molar-refractivity contribution in [3.05, 3.63) is 17.5 Å². The topological polar surface area (TPSA) is 78.1 Å². The maximum absolute atomic E-state index is 12.6. The van der Waals surface area contributed by atoms with Gasteiger partial charge in [-0.3, -0.25) is 14.7 Å². The van der Waals surface area contributed by atoms with Gasteiger partial charge in [-0.1, -0.05) is 20.8 Å². The van der Waals surface area contributed by atoms with E-state index < -0.39 is 0 Å². The molecule has 138 valence electrons. The van der Waals surface area contributed by atoms with Crippen molar-refractivity contribution in [1.82, 2.24) is 20.4 Å². The third-order valence-electron chi connectivity index (χ3n) is 5.65. The largest absolute Gasteiger partial charge is 0.351 e. The van der Waals surface area contributed by atoms with Crippen LogP contribution in [-0.2, 0) is 4.79 Å². The highest BCUT2D eigenvalue weighted by Crippen LogP contribution is 2.28. The molecule has 2 aliphatic rings. The predicted octanol–water partition coefficient (Wildman–Crippen LogP) is 2.69. The lowest BCUT2D eigenvalue weighted by Gasteiger charge is -2.26. The number of nitrogens with one attached hydrogen (secondary N) is 2. The molecule has 25 heavy (non-hydrogen) atoms. The van der Waals surface area contributed by atoms with Gasteiger partial charge in [-0.15, -0.1) is 0 Å². The molecule has 1 saturated heterocycles. The fraction of sp³-hybridized carbons (Fsp3) is 0.737. The molecule has 0 bridgehead atoms. The molecule has 1 atom stereocenters. The number of nitrogens with zero attached hydrogens (tertiary/aromatic N) is 2. The quantitative estimate of drug-likeness (QED) is 0.880. The number of aromatic amines is 1. The first kappa shape index (κ1) is 18.0. The van der Waals surface area contributed by atoms with Crippen molar-refractivity contribution in [3.63, 3.8) is 0 Å². The molecule has 2 amide bonds. The molecule has 1 saturated carbocycles. The van der Waals surface area contributed by atoms with Crippen LogP contribution < -0.4 is 5.32 Å². The maximum Gasteiger partial charge on any atom is 0.274 e. The smallest absolute Gasteiger partial charge is 0.274 e. The molecule has 6 nitrogen and oxygen atoms in total. The summed E-state index contributed by atoms with van der Waals surface area (Å²) < 4.78 is 0. The number of rotatable bonds is 4. The van der Waals surface area contributed by atoms with Crippen molar-refractivity contribution in [2.45, 2.75) is 64.8 Å². The summed E-state index contributed by atoms with van der Waals surface area (Å²) in [5, 5.41) is 10.2. The van der Waals surface area contributed by atoms with E-state index in [1.54, 1.807) is 4.90 Å². The number of hydrogen-bond acceptors (Lipinski definition) is 3. The Balaban J connectivity index is 1.51. The van der Waals surface area contributed by atoms with E-state index in [0.717, 1.165) is 43.7 Å². The number of likely N-dealkylation sites (tertiary alicyclic amines) is 1. The Bertz CT molecular complexity index is 617. The molecule has 3 rings (SSSR count). The molecule has 2 heterocycles. The Morgan fingerprint density at radius 1 is 1.24 bits per heavy atom. The number of carbonyl (C=O) groups is 2. The second-order valence-corrected chi connectivity index (χ2v) is 8.07. The Morgan fingerprint density at radius 3 is 2.60 bits per heavy atom. The fourth-order valence-electron chi connectivity index (χ4n) is 3.81. The van der Waals surface area contributed by atoms with E-state index in [0.29, 0.717) is 24.7 Å². The van der Waals surface area contributed by atoms with E-state index in [2.05, 4.69) is 36.3 Å². The lowest BCUT2D eigenvalue weighted by Crippen LogP contribution is -2.42. The molecular weight excluding hydrogens is 316 g/mol. The van der Waals surface area contributed by atoms with Crippen LogP contribution in [0.1, 0.15) is 75.0 Å². The molecule has 0 aromatic carbocycles. The first-order valence-corrected chi connectivity index (χ1v) is 9.59. The minimum Gasteiger partial charge on any atom is -0.351 e. The van der Waals surface area contributed by atoms with Crippen LogP contribution in [0.3, 0.4) is 0 Å². The summed E-state index contributed by atoms with van der Waals surface area (Å²) >= 11 is 0. The molecule has 1 aromatic rings. The van der Waals surface area contributed by atoms with E-state index in [4.69, 9.17) is 0 Å². The molecule has 0 spiro atoms. The van der Waals surface area contributed by atoms with Gasteiger partial charge < -0.3 is 10.2 Å². The Hall–Kier alpha value is -1.85. The molecule has 1 aromatic heterocycles. The summed E-state index contributed by atoms with van der Waals surface area (Å²) in [7, 11) is 0. The van der Waals surface area contributed by atoms with E-state index in [9.17, 15) is 9.59 Å². The third kappa shape index (κ3) is 4.22. The van der Waals surface area contributed by atoms with Crippen molar-refractivity contribution >= 4 is 11.8 Å². The van der Waals surface area contributed by atoms with Gasteiger partial charge in [0.15, 0.2) is 0 Å². The lowest BCUT2D eigenvalue weighted by molar-refractivity contribution is -0.126. The van der Waals surface area contributed by atoms with Crippen molar-refractivity contribution < 1.29 is 9.59 Å². The van der Waals surface area contributed by atoms with Crippen molar-refractivity contribution in [3.8, 4) is 0 Å². The molecule has 0 radical (unpaired) electrons. The van der Waals surface area contributed by atoms with E-state index in [1.807, 2.05) is 6.07 Å². The first-order chi connectivity index (χ1) is 11.9. The highest BCUT2D eigenvalue weighted by Gasteiger charge is 2.31. The normalized spacial score (nSPS) is 26.9. The van der Waals surface area contributed by atoms with Gasteiger partial charge in [-0.2, -0.15) is 5.10 Å². The zero-order valence-corrected chi connectivity index (χ0v) is 15.5. The zero-order chi connectivity index (χ0) is 18.0. The molecule has 2 fully saturated rings. The minimum absolute atomic E-state index is 0.0496. The van der Waals surface area contributed by atoms with Gasteiger partial charge in [-0.25, -0.2) is 0 Å². The number of carbonyl (C=O) groups excluding carboxylic acids is 2. The highest BCUT2D eigenvalue weighted by molar-refractivity contribution is 5.92. The summed E-state index contributed by atoms with van der Waals surface area (Å²) in [6.45, 7) is 7.64. The predicted molar refractivity (Wildman–Crippen MR) is 96.2 cm³/mol. The monoisotopic (exact) mass is 346 g/mol. The second-order valence-electron chi connectivity index (χ2n) is 8.07. The average molecular weight is 346 g/mol. The molecule has 1 aliphatic heterocycles. The summed E-state index contributed by atoms with van der Waals surface area (Å²) in [5.41, 5.74) is 1.44. The Labute approximate surface area is 149 Å². The number of amides is 2. The van der Waals surface area contributed by atoms with Crippen LogP contribution in [0.15, 0.2) is 6.07 Å². The van der Waals surface area contributed by atoms with Crippen LogP contribution in [0.25, 0.3) is 0 Å². The molecule has 6 heteroatoms. The van der Waals surface area contributed by atoms with Crippen LogP contribution in [0, 0.1) is 11.8 Å². The summed E-state index contributed by atoms with van der Waals surface area (Å²) in [6.07, 6.45) is 5.10. The Morgan fingerprint density at radius 2 is 1.96 bits per heavy atom. The van der Waals surface area contributed by atoms with Gasteiger partial charge in [0.05, 0.1) is 0 Å². The molecular formula is C19H30N4O2. The first-order valence-electron chi connectivity index (χ1n) is 9.59. The van der Waals surface area contributed by atoms with E-state index in [-0.39, 0.29) is 23.8 Å². The van der Waals surface area contributed by atoms with Gasteiger partial charge in [0.2, 0.25) is 5.91 Å². The van der Waals surface area contributed by atoms with Gasteiger partial charge in [0, 0.05) is 30.7 Å². The standard InChI is InChI=1S/C19H30N4O2/c1-12(2)16-10-17(22-21-16)19(25)23-9-8-15(11-23)20-18(24)14-6-4-13(3)5-7-14/h10,12-15H,4-9,11H2,1-3H3,(H,20,24)(H,21,22). The van der Waals surface area contributed by atoms with Gasteiger partial charge in [-0.05, 0) is 50.0 Å². The Kier molecular flexibility index (Phi) is 5.45. The van der Waals surface area contributed by atoms with Crippen LogP contribution in [0.2, 0.25) is 0 Å². The zero-order valence-electron chi connectivity index (χ0n) is 15.5. The minimum atomic E-state index is -0.0496. The van der Waals surface area contributed by atoms with Crippen LogP contribution in [-0.4, -0.2) is 46.0 Å². The number of H-pyrrole nitrogens is 1. The van der Waals surface area contributed by atoms with Gasteiger partial charge in [0.25, 0.3) is 5.91 Å². The van der Waals surface area contributed by atoms with Crippen molar-refractivity contribution in [2.24, 2.45) is 11.8 Å².